The number of benzene rings is 1. The van der Waals surface area contributed by atoms with Gasteiger partial charge in [-0.25, -0.2) is 4.39 Å². The van der Waals surface area contributed by atoms with E-state index in [9.17, 15) is 67.4 Å². The number of alkyl halides is 11. The fourth-order valence-electron chi connectivity index (χ4n) is 3.50. The van der Waals surface area contributed by atoms with Gasteiger partial charge in [-0.05, 0) is 23.8 Å². The molecule has 15 heteroatoms. The van der Waals surface area contributed by atoms with Gasteiger partial charge in [-0.15, -0.1) is 0 Å². The van der Waals surface area contributed by atoms with Crippen LogP contribution in [0.15, 0.2) is 23.8 Å². The molecule has 0 bridgehead atoms. The lowest BCUT2D eigenvalue weighted by Gasteiger charge is -2.38. The SMILES string of the molecule is O=C1C(C(=O)C2(C(F)(F)F)C(F)(F)C(F)(F)C(F)(F)C2(F)F)=C([O-])c2cc(F)ccc21. The molecule has 2 aliphatic carbocycles. The van der Waals surface area contributed by atoms with Gasteiger partial charge in [0, 0.05) is 5.56 Å². The second-order valence-corrected chi connectivity index (χ2v) is 6.60. The Morgan fingerprint density at radius 1 is 0.806 bits per heavy atom. The summed E-state index contributed by atoms with van der Waals surface area (Å²) < 4.78 is 164. The Morgan fingerprint density at radius 3 is 1.68 bits per heavy atom. The second-order valence-electron chi connectivity index (χ2n) is 6.60. The molecule has 0 atom stereocenters. The van der Waals surface area contributed by atoms with Gasteiger partial charge in [0.1, 0.15) is 5.82 Å². The molecule has 0 amide bonds. The standard InChI is InChI=1S/C16H4F12O3/c17-4-1-2-5-6(3-4)9(30)7(8(5)29)10(31)11(16(26,27)28)12(18,19)14(22,23)15(24,25)13(11,20)21/h1-3,30H/p-1. The molecule has 1 aromatic rings. The lowest BCUT2D eigenvalue weighted by atomic mass is 9.72. The largest absolute Gasteiger partial charge is 0.871 e. The number of hydrogen-bond donors (Lipinski definition) is 0. The number of carbonyl (C=O) groups is 2. The van der Waals surface area contributed by atoms with Crippen molar-refractivity contribution in [3.8, 4) is 0 Å². The Balaban J connectivity index is 2.42. The first kappa shape index (κ1) is 22.9. The van der Waals surface area contributed by atoms with Crippen LogP contribution < -0.4 is 5.11 Å². The summed E-state index contributed by atoms with van der Waals surface area (Å²) in [7, 11) is 0. The van der Waals surface area contributed by atoms with Gasteiger partial charge in [-0.2, -0.15) is 48.3 Å². The van der Waals surface area contributed by atoms with Crippen molar-refractivity contribution >= 4 is 17.3 Å². The van der Waals surface area contributed by atoms with Crippen LogP contribution in [0.5, 0.6) is 0 Å². The van der Waals surface area contributed by atoms with E-state index in [0.29, 0.717) is 12.1 Å². The number of fused-ring (bicyclic) bond motifs is 1. The van der Waals surface area contributed by atoms with E-state index in [2.05, 4.69) is 0 Å². The molecule has 1 aromatic carbocycles. The van der Waals surface area contributed by atoms with Crippen LogP contribution in [0.3, 0.4) is 0 Å². The minimum absolute atomic E-state index is 0.115. The molecule has 3 nitrogen and oxygen atoms in total. The Bertz CT molecular complexity index is 1020. The topological polar surface area (TPSA) is 57.2 Å². The van der Waals surface area contributed by atoms with Gasteiger partial charge in [-0.1, -0.05) is 5.76 Å². The van der Waals surface area contributed by atoms with Crippen LogP contribution in [0.1, 0.15) is 15.9 Å². The summed E-state index contributed by atoms with van der Waals surface area (Å²) in [6.45, 7) is 0. The molecule has 170 valence electrons. The molecule has 2 aliphatic rings. The van der Waals surface area contributed by atoms with E-state index >= 15 is 0 Å². The molecule has 0 heterocycles. The first-order chi connectivity index (χ1) is 13.7. The number of halogens is 12. The predicted molar refractivity (Wildman–Crippen MR) is 70.9 cm³/mol. The zero-order valence-electron chi connectivity index (χ0n) is 14.0. The first-order valence-corrected chi connectivity index (χ1v) is 7.62. The highest BCUT2D eigenvalue weighted by Crippen LogP contribution is 2.76. The Kier molecular flexibility index (Phi) is 4.24. The van der Waals surface area contributed by atoms with Crippen molar-refractivity contribution < 1.29 is 67.4 Å². The highest BCUT2D eigenvalue weighted by molar-refractivity contribution is 6.35. The smallest absolute Gasteiger partial charge is 0.414 e. The maximum Gasteiger partial charge on any atom is 0.414 e. The van der Waals surface area contributed by atoms with Crippen LogP contribution in [0.4, 0.5) is 52.7 Å². The molecule has 0 saturated heterocycles. The summed E-state index contributed by atoms with van der Waals surface area (Å²) in [5, 5.41) is 12.1. The third-order valence-corrected chi connectivity index (χ3v) is 5.04. The molecule has 3 rings (SSSR count). The van der Waals surface area contributed by atoms with Crippen molar-refractivity contribution in [3.05, 3.63) is 40.7 Å². The third kappa shape index (κ3) is 2.14. The normalized spacial score (nSPS) is 25.0. The van der Waals surface area contributed by atoms with E-state index in [-0.39, 0.29) is 6.07 Å². The van der Waals surface area contributed by atoms with Crippen molar-refractivity contribution in [3.63, 3.8) is 0 Å². The summed E-state index contributed by atoms with van der Waals surface area (Å²) in [5.41, 5.74) is -12.2. The van der Waals surface area contributed by atoms with Crippen LogP contribution in [-0.2, 0) is 4.79 Å². The summed E-state index contributed by atoms with van der Waals surface area (Å²) in [4.78, 5) is 24.4. The second kappa shape index (κ2) is 5.73. The van der Waals surface area contributed by atoms with Gasteiger partial charge in [0.05, 0.1) is 5.57 Å². The van der Waals surface area contributed by atoms with Crippen molar-refractivity contribution in [2.24, 2.45) is 5.41 Å². The van der Waals surface area contributed by atoms with Crippen LogP contribution in [-0.4, -0.2) is 41.4 Å². The average Bonchev–Trinajstić information content (AvgIpc) is 2.85. The molecular formula is C16H3F12O3-. The lowest BCUT2D eigenvalue weighted by molar-refractivity contribution is -0.341. The summed E-state index contributed by atoms with van der Waals surface area (Å²) in [6.07, 6.45) is -7.52. The van der Waals surface area contributed by atoms with E-state index in [1.807, 2.05) is 0 Å². The minimum atomic E-state index is -7.52. The number of ketones is 2. The van der Waals surface area contributed by atoms with Crippen molar-refractivity contribution in [1.82, 2.24) is 0 Å². The lowest BCUT2D eigenvalue weighted by Crippen LogP contribution is -2.65. The number of rotatable bonds is 2. The van der Waals surface area contributed by atoms with Crippen molar-refractivity contribution in [2.45, 2.75) is 29.9 Å². The number of allylic oxidation sites excluding steroid dienone is 1. The van der Waals surface area contributed by atoms with Crippen LogP contribution in [0.2, 0.25) is 0 Å². The van der Waals surface area contributed by atoms with Crippen molar-refractivity contribution in [2.75, 3.05) is 0 Å². The highest BCUT2D eigenvalue weighted by Gasteiger charge is 3.06. The Labute approximate surface area is 161 Å². The first-order valence-electron chi connectivity index (χ1n) is 7.62. The Morgan fingerprint density at radius 2 is 1.26 bits per heavy atom. The average molecular weight is 471 g/mol. The Hall–Kier alpha value is -2.74. The van der Waals surface area contributed by atoms with Gasteiger partial charge >= 0.3 is 29.9 Å². The molecule has 0 spiro atoms. The van der Waals surface area contributed by atoms with E-state index in [4.69, 9.17) is 0 Å². The molecule has 0 radical (unpaired) electrons. The van der Waals surface area contributed by atoms with Gasteiger partial charge in [-0.3, -0.25) is 9.59 Å². The molecule has 31 heavy (non-hydrogen) atoms. The summed E-state index contributed by atoms with van der Waals surface area (Å²) in [5.74, 6) is -39.8. The fourth-order valence-corrected chi connectivity index (χ4v) is 3.50. The molecule has 0 unspecified atom stereocenters. The predicted octanol–water partition coefficient (Wildman–Crippen LogP) is 3.77. The molecular weight excluding hydrogens is 468 g/mol. The summed E-state index contributed by atoms with van der Waals surface area (Å²) >= 11 is 0. The maximum absolute atomic E-state index is 14.1. The van der Waals surface area contributed by atoms with E-state index in [1.165, 1.54) is 0 Å². The van der Waals surface area contributed by atoms with Crippen molar-refractivity contribution in [1.29, 1.82) is 0 Å². The van der Waals surface area contributed by atoms with Crippen LogP contribution >= 0.6 is 0 Å². The van der Waals surface area contributed by atoms with E-state index in [0.717, 1.165) is 0 Å². The quantitative estimate of drug-likeness (QED) is 0.488. The zero-order chi connectivity index (χ0) is 24.2. The molecule has 0 aromatic heterocycles. The van der Waals surface area contributed by atoms with Crippen LogP contribution in [0, 0.1) is 11.2 Å². The van der Waals surface area contributed by atoms with Gasteiger partial charge in [0.15, 0.2) is 11.6 Å². The molecule has 0 aliphatic heterocycles. The molecule has 0 N–H and O–H groups in total. The number of hydrogen-bond acceptors (Lipinski definition) is 3. The number of Topliss-reactive ketones (excluding diaryl/α,β-unsaturated/α-hetero) is 2. The van der Waals surface area contributed by atoms with Gasteiger partial charge in [0.25, 0.3) is 5.41 Å². The van der Waals surface area contributed by atoms with E-state index in [1.54, 1.807) is 0 Å². The van der Waals surface area contributed by atoms with E-state index < -0.39 is 75.1 Å². The fraction of sp³-hybridized carbons (Fsp3) is 0.375. The van der Waals surface area contributed by atoms with Crippen LogP contribution in [0.25, 0.3) is 5.76 Å². The molecule has 1 saturated carbocycles. The van der Waals surface area contributed by atoms with Gasteiger partial charge in [0.2, 0.25) is 0 Å². The minimum Gasteiger partial charge on any atom is -0.871 e. The number of carbonyl (C=O) groups excluding carboxylic acids is 2. The zero-order valence-corrected chi connectivity index (χ0v) is 14.0. The third-order valence-electron chi connectivity index (χ3n) is 5.04. The maximum atomic E-state index is 14.1. The monoisotopic (exact) mass is 471 g/mol. The summed E-state index contributed by atoms with van der Waals surface area (Å²) in [6, 6.07) is 0.877. The highest BCUT2D eigenvalue weighted by atomic mass is 19.4. The molecule has 1 fully saturated rings. The van der Waals surface area contributed by atoms with Gasteiger partial charge < -0.3 is 5.11 Å².